The Balaban J connectivity index is 1.62. The molecular weight excluding hydrogens is 721 g/mol. The fourth-order valence-electron chi connectivity index (χ4n) is 6.23. The van der Waals surface area contributed by atoms with Gasteiger partial charge in [0.15, 0.2) is 0 Å². The standard InChI is InChI=1S/C37H56N6O8S2/c1-25-31(52-24-41-25)27-16-14-26(15-17-27)22-40-33(46)29-21-28(44)23-43(29)34(47)32(37(2,3)53-20-12-8-7-11-19-39-36(50)51)42-30(45)13-9-5-4-6-10-18-38-35(48)49/h14-17,24,28-29,32,38-39,44H,4-13,18-23H2,1-3H3,(H,40,46)(H,42,45)(H,48,49)(H,50,51)/t28-,29+,32?/m1/s1. The number of rotatable bonds is 23. The van der Waals surface area contributed by atoms with Crippen molar-refractivity contribution in [2.24, 2.45) is 0 Å². The van der Waals surface area contributed by atoms with E-state index in [1.54, 1.807) is 28.6 Å². The Labute approximate surface area is 320 Å². The van der Waals surface area contributed by atoms with Crippen LogP contribution in [0.15, 0.2) is 29.8 Å². The molecule has 1 fully saturated rings. The van der Waals surface area contributed by atoms with Crippen molar-refractivity contribution in [1.29, 1.82) is 0 Å². The first-order chi connectivity index (χ1) is 25.3. The third-order valence-corrected chi connectivity index (χ3v) is 11.7. The van der Waals surface area contributed by atoms with Gasteiger partial charge in [-0.25, -0.2) is 14.6 Å². The maximum atomic E-state index is 14.3. The largest absolute Gasteiger partial charge is 0.465 e. The highest BCUT2D eigenvalue weighted by Crippen LogP contribution is 2.33. The fraction of sp³-hybridized carbons (Fsp3) is 0.622. The molecule has 2 aromatic rings. The van der Waals surface area contributed by atoms with Crippen LogP contribution < -0.4 is 21.3 Å². The molecule has 1 aromatic carbocycles. The van der Waals surface area contributed by atoms with Crippen LogP contribution in [-0.4, -0.2) is 103 Å². The average Bonchev–Trinajstić information content (AvgIpc) is 3.73. The predicted octanol–water partition coefficient (Wildman–Crippen LogP) is 5.13. The van der Waals surface area contributed by atoms with Gasteiger partial charge in [0, 0.05) is 43.8 Å². The lowest BCUT2D eigenvalue weighted by Gasteiger charge is -2.37. The number of carboxylic acid groups (broad SMARTS) is 2. The van der Waals surface area contributed by atoms with E-state index in [0.717, 1.165) is 73.1 Å². The second-order valence-electron chi connectivity index (χ2n) is 13.9. The number of nitrogens with zero attached hydrogens (tertiary/aromatic N) is 2. The fourth-order valence-corrected chi connectivity index (χ4v) is 8.24. The molecule has 3 rings (SSSR count). The number of aryl methyl sites for hydroxylation is 1. The van der Waals surface area contributed by atoms with Crippen molar-refractivity contribution >= 4 is 53.0 Å². The zero-order valence-corrected chi connectivity index (χ0v) is 32.7. The second-order valence-corrected chi connectivity index (χ2v) is 16.5. The van der Waals surface area contributed by atoms with Gasteiger partial charge >= 0.3 is 12.2 Å². The number of carbonyl (C=O) groups excluding carboxylic acids is 3. The van der Waals surface area contributed by atoms with Crippen molar-refractivity contribution in [1.82, 2.24) is 31.2 Å². The number of aliphatic hydroxyl groups excluding tert-OH is 1. The monoisotopic (exact) mass is 776 g/mol. The van der Waals surface area contributed by atoms with E-state index in [1.807, 2.05) is 45.0 Å². The summed E-state index contributed by atoms with van der Waals surface area (Å²) in [5, 5.41) is 38.7. The first-order valence-electron chi connectivity index (χ1n) is 18.4. The number of aliphatic hydroxyl groups is 1. The Bertz CT molecular complexity index is 1490. The van der Waals surface area contributed by atoms with Gasteiger partial charge in [-0.3, -0.25) is 14.4 Å². The quantitative estimate of drug-likeness (QED) is 0.0740. The van der Waals surface area contributed by atoms with Crippen molar-refractivity contribution in [3.05, 3.63) is 41.0 Å². The number of benzene rings is 1. The molecule has 53 heavy (non-hydrogen) atoms. The number of nitrogens with one attached hydrogen (secondary N) is 4. The molecule has 7 N–H and O–H groups in total. The Morgan fingerprint density at radius 1 is 0.906 bits per heavy atom. The summed E-state index contributed by atoms with van der Waals surface area (Å²) in [6.07, 6.45) is 4.46. The van der Waals surface area contributed by atoms with E-state index in [4.69, 9.17) is 10.2 Å². The number of thioether (sulfide) groups is 1. The summed E-state index contributed by atoms with van der Waals surface area (Å²) < 4.78 is -0.749. The van der Waals surface area contributed by atoms with Crippen LogP contribution >= 0.6 is 23.1 Å². The average molecular weight is 777 g/mol. The highest BCUT2D eigenvalue weighted by Gasteiger charge is 2.46. The number of likely N-dealkylation sites (tertiary alicyclic amines) is 1. The summed E-state index contributed by atoms with van der Waals surface area (Å²) in [7, 11) is 0. The molecule has 1 aliphatic rings. The van der Waals surface area contributed by atoms with E-state index in [1.165, 1.54) is 4.90 Å². The SMILES string of the molecule is Cc1ncsc1-c1ccc(CNC(=O)[C@@H]2C[C@@H](O)CN2C(=O)C(NC(=O)CCCCCCCNC(=O)O)C(C)(C)SCCCCCCNC(=O)O)cc1. The van der Waals surface area contributed by atoms with Gasteiger partial charge in [0.1, 0.15) is 12.1 Å². The molecule has 0 aliphatic carbocycles. The van der Waals surface area contributed by atoms with Crippen molar-refractivity contribution in [3.63, 3.8) is 0 Å². The Hall–Kier alpha value is -3.89. The van der Waals surface area contributed by atoms with E-state index in [2.05, 4.69) is 26.3 Å². The number of hydrogen-bond acceptors (Lipinski definition) is 9. The van der Waals surface area contributed by atoms with E-state index in [9.17, 15) is 29.1 Å². The molecule has 3 atom stereocenters. The molecule has 5 amide bonds. The molecule has 0 spiro atoms. The van der Waals surface area contributed by atoms with Crippen LogP contribution in [0.2, 0.25) is 0 Å². The summed E-state index contributed by atoms with van der Waals surface area (Å²) in [6, 6.07) is 6.01. The number of unbranched alkanes of at least 4 members (excludes halogenated alkanes) is 7. The minimum atomic E-state index is -1.04. The van der Waals surface area contributed by atoms with E-state index < -0.39 is 41.0 Å². The van der Waals surface area contributed by atoms with Crippen LogP contribution in [0.3, 0.4) is 0 Å². The van der Waals surface area contributed by atoms with Crippen molar-refractivity contribution in [3.8, 4) is 10.4 Å². The zero-order chi connectivity index (χ0) is 38.8. The van der Waals surface area contributed by atoms with Gasteiger partial charge in [-0.15, -0.1) is 11.3 Å². The number of thiazole rings is 1. The lowest BCUT2D eigenvalue weighted by Crippen LogP contribution is -2.59. The minimum Gasteiger partial charge on any atom is -0.465 e. The Morgan fingerprint density at radius 2 is 1.51 bits per heavy atom. The van der Waals surface area contributed by atoms with Gasteiger partial charge in [-0.05, 0) is 63.3 Å². The van der Waals surface area contributed by atoms with Gasteiger partial charge < -0.3 is 41.5 Å². The number of β-amino-alcohol motifs (C(OH)–C–C–N with tert-alkyl or cyclic N) is 1. The molecule has 1 saturated heterocycles. The molecule has 0 bridgehead atoms. The summed E-state index contributed by atoms with van der Waals surface area (Å²) in [5.41, 5.74) is 4.70. The predicted molar refractivity (Wildman–Crippen MR) is 207 cm³/mol. The van der Waals surface area contributed by atoms with Crippen LogP contribution in [0, 0.1) is 6.92 Å². The third-order valence-electron chi connectivity index (χ3n) is 9.22. The van der Waals surface area contributed by atoms with Crippen molar-refractivity contribution < 1.29 is 39.3 Å². The second kappa shape index (κ2) is 22.4. The van der Waals surface area contributed by atoms with Gasteiger partial charge in [-0.2, -0.15) is 11.8 Å². The molecule has 16 heteroatoms. The molecule has 1 aromatic heterocycles. The van der Waals surface area contributed by atoms with Gasteiger partial charge in [-0.1, -0.05) is 56.4 Å². The topological polar surface area (TPSA) is 210 Å². The highest BCUT2D eigenvalue weighted by atomic mass is 32.2. The van der Waals surface area contributed by atoms with Gasteiger partial charge in [0.05, 0.1) is 22.2 Å². The van der Waals surface area contributed by atoms with Crippen LogP contribution in [-0.2, 0) is 20.9 Å². The van der Waals surface area contributed by atoms with Crippen LogP contribution in [0.1, 0.15) is 95.7 Å². The number of amides is 5. The first kappa shape index (κ1) is 43.5. The normalized spacial score (nSPS) is 16.2. The number of aromatic nitrogens is 1. The van der Waals surface area contributed by atoms with Crippen LogP contribution in [0.4, 0.5) is 9.59 Å². The molecule has 294 valence electrons. The Morgan fingerprint density at radius 3 is 2.11 bits per heavy atom. The Kier molecular flexibility index (Phi) is 18.4. The molecule has 14 nitrogen and oxygen atoms in total. The van der Waals surface area contributed by atoms with Crippen LogP contribution in [0.5, 0.6) is 0 Å². The third kappa shape index (κ3) is 15.2. The summed E-state index contributed by atoms with van der Waals surface area (Å²) in [4.78, 5) is 69.2. The van der Waals surface area contributed by atoms with E-state index in [0.29, 0.717) is 25.3 Å². The number of hydrogen-bond donors (Lipinski definition) is 7. The maximum Gasteiger partial charge on any atom is 0.404 e. The highest BCUT2D eigenvalue weighted by molar-refractivity contribution is 8.00. The lowest BCUT2D eigenvalue weighted by molar-refractivity contribution is -0.142. The molecular formula is C37H56N6O8S2. The van der Waals surface area contributed by atoms with E-state index >= 15 is 0 Å². The molecule has 1 unspecified atom stereocenters. The maximum absolute atomic E-state index is 14.3. The molecule has 2 heterocycles. The zero-order valence-electron chi connectivity index (χ0n) is 31.0. The summed E-state index contributed by atoms with van der Waals surface area (Å²) in [5.74, 6) is -0.344. The first-order valence-corrected chi connectivity index (χ1v) is 20.3. The van der Waals surface area contributed by atoms with Crippen LogP contribution in [0.25, 0.3) is 10.4 Å². The lowest BCUT2D eigenvalue weighted by atomic mass is 10.00. The molecule has 0 radical (unpaired) electrons. The minimum absolute atomic E-state index is 0.0198. The molecule has 1 aliphatic heterocycles. The smallest absolute Gasteiger partial charge is 0.404 e. The molecule has 0 saturated carbocycles. The number of carbonyl (C=O) groups is 5. The van der Waals surface area contributed by atoms with Crippen molar-refractivity contribution in [2.75, 3.05) is 25.4 Å². The summed E-state index contributed by atoms with van der Waals surface area (Å²) >= 11 is 3.13. The van der Waals surface area contributed by atoms with E-state index in [-0.39, 0.29) is 37.7 Å². The van der Waals surface area contributed by atoms with Gasteiger partial charge in [0.25, 0.3) is 0 Å². The van der Waals surface area contributed by atoms with Crippen molar-refractivity contribution in [2.45, 2.75) is 121 Å². The van der Waals surface area contributed by atoms with Gasteiger partial charge in [0.2, 0.25) is 17.7 Å². The summed E-state index contributed by atoms with van der Waals surface area (Å²) in [6.45, 7) is 6.78.